The summed E-state index contributed by atoms with van der Waals surface area (Å²) in [5.74, 6) is 0.791. The molecule has 0 aliphatic heterocycles. The van der Waals surface area contributed by atoms with Gasteiger partial charge in [-0.2, -0.15) is 0 Å². The fraction of sp³-hybridized carbons (Fsp3) is 0.952. The van der Waals surface area contributed by atoms with Crippen LogP contribution in [0.5, 0.6) is 0 Å². The molecule has 4 heteroatoms. The molecule has 0 bridgehead atoms. The third kappa shape index (κ3) is 13.3. The third-order valence-electron chi connectivity index (χ3n) is 4.78. The van der Waals surface area contributed by atoms with Crippen LogP contribution in [0.15, 0.2) is 0 Å². The Hall–Kier alpha value is -0.610. The van der Waals surface area contributed by atoms with E-state index in [0.29, 0.717) is 25.4 Å². The standard InChI is InChI=1S/C21H44N2O2/c1-17(2)10-14-25-21(7,8)12-13-23-18(24)9-11-19(3,4)15-20(5,6)16-22/h17H,9-16,22H2,1-8H3,(H,23,24). The minimum atomic E-state index is -0.188. The molecule has 4 nitrogen and oxygen atoms in total. The molecule has 0 saturated carbocycles. The number of nitrogens with two attached hydrogens (primary N) is 1. The lowest BCUT2D eigenvalue weighted by Crippen LogP contribution is -2.34. The number of carbonyl (C=O) groups is 1. The number of hydrogen-bond acceptors (Lipinski definition) is 3. The van der Waals surface area contributed by atoms with Crippen LogP contribution in [0.4, 0.5) is 0 Å². The Kier molecular flexibility index (Phi) is 10.3. The van der Waals surface area contributed by atoms with Crippen molar-refractivity contribution in [3.05, 3.63) is 0 Å². The molecule has 25 heavy (non-hydrogen) atoms. The van der Waals surface area contributed by atoms with Gasteiger partial charge in [0.1, 0.15) is 0 Å². The second kappa shape index (κ2) is 10.5. The summed E-state index contributed by atoms with van der Waals surface area (Å²) < 4.78 is 5.94. The van der Waals surface area contributed by atoms with Gasteiger partial charge >= 0.3 is 0 Å². The van der Waals surface area contributed by atoms with Crippen molar-refractivity contribution in [1.29, 1.82) is 0 Å². The van der Waals surface area contributed by atoms with E-state index in [0.717, 1.165) is 32.3 Å². The maximum Gasteiger partial charge on any atom is 0.220 e. The Balaban J connectivity index is 4.07. The first kappa shape index (κ1) is 24.4. The van der Waals surface area contributed by atoms with Gasteiger partial charge in [0.15, 0.2) is 0 Å². The largest absolute Gasteiger partial charge is 0.375 e. The highest BCUT2D eigenvalue weighted by molar-refractivity contribution is 5.75. The molecule has 0 aromatic rings. The summed E-state index contributed by atoms with van der Waals surface area (Å²) in [6, 6.07) is 0. The first-order valence-corrected chi connectivity index (χ1v) is 9.89. The zero-order chi connectivity index (χ0) is 19.7. The van der Waals surface area contributed by atoms with Crippen molar-refractivity contribution in [1.82, 2.24) is 5.32 Å². The highest BCUT2D eigenvalue weighted by Gasteiger charge is 2.28. The van der Waals surface area contributed by atoms with Gasteiger partial charge in [0.2, 0.25) is 5.91 Å². The predicted molar refractivity (Wildman–Crippen MR) is 108 cm³/mol. The molecule has 0 spiro atoms. The van der Waals surface area contributed by atoms with Gasteiger partial charge in [-0.3, -0.25) is 4.79 Å². The Morgan fingerprint density at radius 2 is 1.64 bits per heavy atom. The number of carbonyl (C=O) groups excluding carboxylic acids is 1. The van der Waals surface area contributed by atoms with Gasteiger partial charge in [-0.15, -0.1) is 0 Å². The smallest absolute Gasteiger partial charge is 0.220 e. The molecule has 3 N–H and O–H groups in total. The van der Waals surface area contributed by atoms with Crippen LogP contribution in [0.1, 0.15) is 87.5 Å². The Morgan fingerprint density at radius 1 is 1.04 bits per heavy atom. The first-order chi connectivity index (χ1) is 11.3. The van der Waals surface area contributed by atoms with E-state index in [-0.39, 0.29) is 22.3 Å². The number of rotatable bonds is 13. The van der Waals surface area contributed by atoms with Crippen molar-refractivity contribution in [2.45, 2.75) is 93.1 Å². The van der Waals surface area contributed by atoms with Gasteiger partial charge in [0.25, 0.3) is 0 Å². The summed E-state index contributed by atoms with van der Waals surface area (Å²) in [6.07, 6.45) is 4.39. The molecule has 0 saturated heterocycles. The molecule has 0 fully saturated rings. The van der Waals surface area contributed by atoms with Crippen molar-refractivity contribution in [2.24, 2.45) is 22.5 Å². The molecule has 0 aromatic heterocycles. The number of ether oxygens (including phenoxy) is 1. The number of nitrogens with one attached hydrogen (secondary N) is 1. The summed E-state index contributed by atoms with van der Waals surface area (Å²) in [5.41, 5.74) is 5.89. The molecule has 150 valence electrons. The maximum atomic E-state index is 12.1. The highest BCUT2D eigenvalue weighted by Crippen LogP contribution is 2.36. The second-order valence-corrected chi connectivity index (χ2v) is 10.1. The zero-order valence-corrected chi connectivity index (χ0v) is 18.1. The van der Waals surface area contributed by atoms with Crippen LogP contribution >= 0.6 is 0 Å². The Bertz CT molecular complexity index is 387. The molecule has 0 atom stereocenters. The van der Waals surface area contributed by atoms with E-state index in [2.05, 4.69) is 60.7 Å². The SMILES string of the molecule is CC(C)CCOC(C)(C)CCNC(=O)CCC(C)(C)CC(C)(C)CN. The molecular formula is C21H44N2O2. The molecule has 0 aromatic carbocycles. The molecule has 0 rings (SSSR count). The van der Waals surface area contributed by atoms with Crippen LogP contribution in [-0.4, -0.2) is 31.2 Å². The molecule has 0 aliphatic carbocycles. The van der Waals surface area contributed by atoms with Gasteiger partial charge in [-0.1, -0.05) is 41.5 Å². The second-order valence-electron chi connectivity index (χ2n) is 10.1. The van der Waals surface area contributed by atoms with E-state index in [9.17, 15) is 4.79 Å². The Morgan fingerprint density at radius 3 is 2.16 bits per heavy atom. The zero-order valence-electron chi connectivity index (χ0n) is 18.1. The summed E-state index contributed by atoms with van der Waals surface area (Å²) >= 11 is 0. The van der Waals surface area contributed by atoms with Crippen LogP contribution in [0.3, 0.4) is 0 Å². The molecule has 0 aliphatic rings. The number of amides is 1. The Labute approximate surface area is 156 Å². The number of hydrogen-bond donors (Lipinski definition) is 2. The van der Waals surface area contributed by atoms with Gasteiger partial charge in [0.05, 0.1) is 5.60 Å². The van der Waals surface area contributed by atoms with Gasteiger partial charge in [0, 0.05) is 19.6 Å². The fourth-order valence-corrected chi connectivity index (χ4v) is 3.14. The van der Waals surface area contributed by atoms with Crippen LogP contribution in [0.25, 0.3) is 0 Å². The van der Waals surface area contributed by atoms with Crippen molar-refractivity contribution < 1.29 is 9.53 Å². The van der Waals surface area contributed by atoms with Crippen molar-refractivity contribution in [3.8, 4) is 0 Å². The molecule has 0 radical (unpaired) electrons. The van der Waals surface area contributed by atoms with E-state index < -0.39 is 0 Å². The topological polar surface area (TPSA) is 64.3 Å². The van der Waals surface area contributed by atoms with E-state index in [1.807, 2.05) is 0 Å². The minimum absolute atomic E-state index is 0.122. The van der Waals surface area contributed by atoms with Crippen molar-refractivity contribution in [2.75, 3.05) is 19.7 Å². The van der Waals surface area contributed by atoms with E-state index in [1.54, 1.807) is 0 Å². The fourth-order valence-electron chi connectivity index (χ4n) is 3.14. The monoisotopic (exact) mass is 356 g/mol. The summed E-state index contributed by atoms with van der Waals surface area (Å²) in [5, 5.41) is 3.04. The molecular weight excluding hydrogens is 312 g/mol. The van der Waals surface area contributed by atoms with Crippen LogP contribution < -0.4 is 11.1 Å². The summed E-state index contributed by atoms with van der Waals surface area (Å²) in [6.45, 7) is 19.5. The minimum Gasteiger partial charge on any atom is -0.375 e. The normalized spacial score (nSPS) is 13.4. The average Bonchev–Trinajstić information content (AvgIpc) is 2.43. The van der Waals surface area contributed by atoms with E-state index in [4.69, 9.17) is 10.5 Å². The first-order valence-electron chi connectivity index (χ1n) is 9.89. The lowest BCUT2D eigenvalue weighted by atomic mass is 9.73. The summed E-state index contributed by atoms with van der Waals surface area (Å²) in [7, 11) is 0. The van der Waals surface area contributed by atoms with Gasteiger partial charge < -0.3 is 15.8 Å². The van der Waals surface area contributed by atoms with Gasteiger partial charge in [-0.05, 0) is 62.8 Å². The van der Waals surface area contributed by atoms with Crippen molar-refractivity contribution in [3.63, 3.8) is 0 Å². The molecule has 0 heterocycles. The average molecular weight is 357 g/mol. The quantitative estimate of drug-likeness (QED) is 0.510. The molecule has 1 amide bonds. The third-order valence-corrected chi connectivity index (χ3v) is 4.78. The van der Waals surface area contributed by atoms with E-state index in [1.165, 1.54) is 0 Å². The highest BCUT2D eigenvalue weighted by atomic mass is 16.5. The van der Waals surface area contributed by atoms with Crippen LogP contribution in [0.2, 0.25) is 0 Å². The van der Waals surface area contributed by atoms with Crippen molar-refractivity contribution >= 4 is 5.91 Å². The van der Waals surface area contributed by atoms with Crippen LogP contribution in [0, 0.1) is 16.7 Å². The van der Waals surface area contributed by atoms with Crippen LogP contribution in [-0.2, 0) is 9.53 Å². The lowest BCUT2D eigenvalue weighted by molar-refractivity contribution is -0.122. The summed E-state index contributed by atoms with van der Waals surface area (Å²) in [4.78, 5) is 12.1. The molecule has 0 unspecified atom stereocenters. The van der Waals surface area contributed by atoms with E-state index >= 15 is 0 Å². The predicted octanol–water partition coefficient (Wildman–Crippen LogP) is 4.52. The maximum absolute atomic E-state index is 12.1. The lowest BCUT2D eigenvalue weighted by Gasteiger charge is -2.34. The van der Waals surface area contributed by atoms with Gasteiger partial charge in [-0.25, -0.2) is 0 Å².